The number of aromatic nitrogens is 2. The maximum Gasteiger partial charge on any atom is 0.226 e. The number of ether oxygens (including phenoxy) is 1. The molecule has 0 saturated carbocycles. The first-order valence-corrected chi connectivity index (χ1v) is 9.14. The monoisotopic (exact) mass is 385 g/mol. The quantitative estimate of drug-likeness (QED) is 0.512. The fourth-order valence-electron chi connectivity index (χ4n) is 2.36. The minimum absolute atomic E-state index is 0.0821. The van der Waals surface area contributed by atoms with Crippen LogP contribution in [0.1, 0.15) is 13.8 Å². The van der Waals surface area contributed by atoms with Crippen molar-refractivity contribution < 1.29 is 14.3 Å². The second kappa shape index (κ2) is 10.2. The van der Waals surface area contributed by atoms with Gasteiger partial charge in [0.1, 0.15) is 6.61 Å². The van der Waals surface area contributed by atoms with Crippen LogP contribution >= 0.6 is 0 Å². The predicted molar refractivity (Wildman–Crippen MR) is 108 cm³/mol. The number of rotatable bonds is 9. The van der Waals surface area contributed by atoms with Crippen LogP contribution in [0.2, 0.25) is 0 Å². The molecule has 8 nitrogen and oxygen atoms in total. The minimum Gasteiger partial charge on any atom is -0.486 e. The average molecular weight is 385 g/mol. The van der Waals surface area contributed by atoms with Crippen LogP contribution in [0.3, 0.4) is 0 Å². The summed E-state index contributed by atoms with van der Waals surface area (Å²) in [7, 11) is 0. The second-order valence-electron chi connectivity index (χ2n) is 6.80. The molecule has 1 fully saturated rings. The third kappa shape index (κ3) is 6.53. The number of allylic oxidation sites excluding steroid dienone is 1. The lowest BCUT2D eigenvalue weighted by Crippen LogP contribution is -2.46. The number of hydrogen-bond donors (Lipinski definition) is 1. The highest BCUT2D eigenvalue weighted by Crippen LogP contribution is 2.14. The van der Waals surface area contributed by atoms with Gasteiger partial charge < -0.3 is 19.9 Å². The standard InChI is InChI=1S/C20H27N5O3/c1-15(2)19(27)23-17(4)6-5-16(3)13-28-18-11-21-20(22-12-18)25-9-7-24(14-26)8-10-25/h5-6,11-12,14-15H,3-4,7-10,13H2,1-2H3,(H,23,27)/b6-5-. The first-order valence-electron chi connectivity index (χ1n) is 9.14. The van der Waals surface area contributed by atoms with E-state index in [-0.39, 0.29) is 18.4 Å². The van der Waals surface area contributed by atoms with Crippen molar-refractivity contribution in [1.29, 1.82) is 0 Å². The molecule has 0 bridgehead atoms. The number of hydrogen-bond acceptors (Lipinski definition) is 6. The number of piperazine rings is 1. The van der Waals surface area contributed by atoms with Gasteiger partial charge in [0.25, 0.3) is 0 Å². The maximum atomic E-state index is 11.6. The Bertz CT molecular complexity index is 735. The van der Waals surface area contributed by atoms with Crippen molar-refractivity contribution in [2.24, 2.45) is 5.92 Å². The van der Waals surface area contributed by atoms with Crippen molar-refractivity contribution in [3.05, 3.63) is 49.0 Å². The molecule has 150 valence electrons. The summed E-state index contributed by atoms with van der Waals surface area (Å²) in [6.45, 7) is 14.3. The number of carbonyl (C=O) groups excluding carboxylic acids is 2. The lowest BCUT2D eigenvalue weighted by Gasteiger charge is -2.32. The van der Waals surface area contributed by atoms with E-state index in [0.29, 0.717) is 49.1 Å². The highest BCUT2D eigenvalue weighted by atomic mass is 16.5. The Morgan fingerprint density at radius 2 is 1.86 bits per heavy atom. The highest BCUT2D eigenvalue weighted by molar-refractivity contribution is 5.80. The van der Waals surface area contributed by atoms with Crippen LogP contribution in [-0.4, -0.2) is 60.0 Å². The van der Waals surface area contributed by atoms with Crippen molar-refractivity contribution in [3.8, 4) is 5.75 Å². The molecule has 0 aromatic carbocycles. The van der Waals surface area contributed by atoms with Gasteiger partial charge in [-0.05, 0) is 11.6 Å². The maximum absolute atomic E-state index is 11.6. The molecule has 1 aliphatic heterocycles. The van der Waals surface area contributed by atoms with E-state index in [1.165, 1.54) is 0 Å². The Balaban J connectivity index is 1.77. The first-order chi connectivity index (χ1) is 13.4. The van der Waals surface area contributed by atoms with Gasteiger partial charge in [0.15, 0.2) is 5.75 Å². The predicted octanol–water partition coefficient (Wildman–Crippen LogP) is 1.53. The largest absolute Gasteiger partial charge is 0.486 e. The van der Waals surface area contributed by atoms with Gasteiger partial charge in [-0.2, -0.15) is 0 Å². The van der Waals surface area contributed by atoms with Gasteiger partial charge in [-0.25, -0.2) is 9.97 Å². The number of nitrogens with one attached hydrogen (secondary N) is 1. The molecular weight excluding hydrogens is 358 g/mol. The van der Waals surface area contributed by atoms with Crippen LogP contribution in [0.15, 0.2) is 49.0 Å². The smallest absolute Gasteiger partial charge is 0.226 e. The number of amides is 2. The van der Waals surface area contributed by atoms with Crippen molar-refractivity contribution >= 4 is 18.3 Å². The van der Waals surface area contributed by atoms with Gasteiger partial charge in [-0.1, -0.05) is 33.1 Å². The van der Waals surface area contributed by atoms with Crippen molar-refractivity contribution in [2.45, 2.75) is 13.8 Å². The molecule has 0 aliphatic carbocycles. The normalized spacial score (nSPS) is 14.2. The molecule has 2 rings (SSSR count). The lowest BCUT2D eigenvalue weighted by molar-refractivity contribution is -0.123. The molecule has 0 spiro atoms. The lowest BCUT2D eigenvalue weighted by atomic mass is 10.2. The second-order valence-corrected chi connectivity index (χ2v) is 6.80. The fraction of sp³-hybridized carbons (Fsp3) is 0.400. The number of carbonyl (C=O) groups is 2. The zero-order valence-electron chi connectivity index (χ0n) is 16.4. The molecule has 1 aliphatic rings. The molecule has 28 heavy (non-hydrogen) atoms. The van der Waals surface area contributed by atoms with Gasteiger partial charge in [-0.3, -0.25) is 9.59 Å². The van der Waals surface area contributed by atoms with Gasteiger partial charge >= 0.3 is 0 Å². The highest BCUT2D eigenvalue weighted by Gasteiger charge is 2.17. The van der Waals surface area contributed by atoms with E-state index in [1.54, 1.807) is 29.4 Å². The van der Waals surface area contributed by atoms with Crippen molar-refractivity contribution in [1.82, 2.24) is 20.2 Å². The molecule has 1 aromatic heterocycles. The van der Waals surface area contributed by atoms with E-state index in [0.717, 1.165) is 6.41 Å². The van der Waals surface area contributed by atoms with Crippen LogP contribution in [0.4, 0.5) is 5.95 Å². The third-order valence-electron chi connectivity index (χ3n) is 4.11. The SMILES string of the molecule is C=C(/C=C\C(=C)NC(=O)C(C)C)COc1cnc(N2CCN(C=O)CC2)nc1. The molecule has 2 heterocycles. The Morgan fingerprint density at radius 1 is 1.21 bits per heavy atom. The number of nitrogens with zero attached hydrogens (tertiary/aromatic N) is 4. The Morgan fingerprint density at radius 3 is 2.43 bits per heavy atom. The van der Waals surface area contributed by atoms with E-state index in [1.807, 2.05) is 18.7 Å². The minimum atomic E-state index is -0.103. The first kappa shape index (κ1) is 21.1. The number of anilines is 1. The van der Waals surface area contributed by atoms with Gasteiger partial charge in [0.05, 0.1) is 12.4 Å². The van der Waals surface area contributed by atoms with Gasteiger partial charge in [0, 0.05) is 37.8 Å². The molecule has 1 aromatic rings. The third-order valence-corrected chi connectivity index (χ3v) is 4.11. The van der Waals surface area contributed by atoms with E-state index >= 15 is 0 Å². The summed E-state index contributed by atoms with van der Waals surface area (Å²) in [4.78, 5) is 34.8. The fourth-order valence-corrected chi connectivity index (χ4v) is 2.36. The molecule has 2 amide bonds. The Kier molecular flexibility index (Phi) is 7.74. The van der Waals surface area contributed by atoms with Crippen LogP contribution < -0.4 is 15.0 Å². The molecular formula is C20H27N5O3. The molecule has 1 saturated heterocycles. The van der Waals surface area contributed by atoms with E-state index < -0.39 is 0 Å². The Hall–Kier alpha value is -3.16. The van der Waals surface area contributed by atoms with E-state index in [4.69, 9.17) is 4.74 Å². The van der Waals surface area contributed by atoms with Crippen LogP contribution in [-0.2, 0) is 9.59 Å². The van der Waals surface area contributed by atoms with Crippen molar-refractivity contribution in [3.63, 3.8) is 0 Å². The summed E-state index contributed by atoms with van der Waals surface area (Å²) < 4.78 is 5.63. The zero-order chi connectivity index (χ0) is 20.5. The van der Waals surface area contributed by atoms with Gasteiger partial charge in [0.2, 0.25) is 18.3 Å². The molecule has 8 heteroatoms. The van der Waals surface area contributed by atoms with E-state index in [9.17, 15) is 9.59 Å². The molecule has 0 radical (unpaired) electrons. The van der Waals surface area contributed by atoms with E-state index in [2.05, 4.69) is 28.4 Å². The van der Waals surface area contributed by atoms with Crippen molar-refractivity contribution in [2.75, 3.05) is 37.7 Å². The summed E-state index contributed by atoms with van der Waals surface area (Å²) in [5.74, 6) is 0.973. The van der Waals surface area contributed by atoms with Gasteiger partial charge in [-0.15, -0.1) is 0 Å². The van der Waals surface area contributed by atoms with Crippen LogP contribution in [0.25, 0.3) is 0 Å². The van der Waals surface area contributed by atoms with Crippen LogP contribution in [0.5, 0.6) is 5.75 Å². The molecule has 1 N–H and O–H groups in total. The zero-order valence-corrected chi connectivity index (χ0v) is 16.4. The molecule has 0 atom stereocenters. The summed E-state index contributed by atoms with van der Waals surface area (Å²) in [5.41, 5.74) is 1.22. The summed E-state index contributed by atoms with van der Waals surface area (Å²) in [6.07, 6.45) is 7.53. The average Bonchev–Trinajstić information content (AvgIpc) is 2.71. The summed E-state index contributed by atoms with van der Waals surface area (Å²) in [6, 6.07) is 0. The Labute approximate surface area is 165 Å². The topological polar surface area (TPSA) is 87.7 Å². The van der Waals surface area contributed by atoms with Crippen LogP contribution in [0, 0.1) is 5.92 Å². The summed E-state index contributed by atoms with van der Waals surface area (Å²) in [5, 5.41) is 2.70. The molecule has 0 unspecified atom stereocenters. The summed E-state index contributed by atoms with van der Waals surface area (Å²) >= 11 is 0.